The van der Waals surface area contributed by atoms with E-state index in [1.807, 2.05) is 0 Å². The molecule has 1 nitrogen and oxygen atoms in total. The molecule has 0 radical (unpaired) electrons. The second-order valence-corrected chi connectivity index (χ2v) is 4.29. The largest absolute Gasteiger partial charge is 0.198 e. The molecule has 0 aliphatic heterocycles. The van der Waals surface area contributed by atoms with Gasteiger partial charge in [-0.25, -0.2) is 0 Å². The summed E-state index contributed by atoms with van der Waals surface area (Å²) in [7, 11) is 0. The number of rotatable bonds is 4. The third-order valence-electron chi connectivity index (χ3n) is 2.74. The van der Waals surface area contributed by atoms with Crippen molar-refractivity contribution in [3.05, 3.63) is 35.4 Å². The van der Waals surface area contributed by atoms with Gasteiger partial charge in [0.1, 0.15) is 0 Å². The Balaban J connectivity index is 2.83. The third-order valence-corrected chi connectivity index (χ3v) is 2.74. The Morgan fingerprint density at radius 1 is 1.13 bits per heavy atom. The van der Waals surface area contributed by atoms with E-state index in [4.69, 9.17) is 5.26 Å². The average Bonchev–Trinajstić information content (AvgIpc) is 2.26. The summed E-state index contributed by atoms with van der Waals surface area (Å²) in [5, 5.41) is 9.04. The zero-order chi connectivity index (χ0) is 11.3. The minimum atomic E-state index is 0.0659. The molecule has 1 atom stereocenters. The van der Waals surface area contributed by atoms with Gasteiger partial charge < -0.3 is 0 Å². The lowest BCUT2D eigenvalue weighted by Gasteiger charge is -2.10. The molecule has 1 heteroatoms. The van der Waals surface area contributed by atoms with Crippen molar-refractivity contribution in [1.82, 2.24) is 0 Å². The van der Waals surface area contributed by atoms with E-state index in [2.05, 4.69) is 51.1 Å². The molecule has 1 unspecified atom stereocenters. The second-order valence-electron chi connectivity index (χ2n) is 4.29. The van der Waals surface area contributed by atoms with Crippen LogP contribution in [0.4, 0.5) is 0 Å². The molecule has 0 spiro atoms. The Kier molecular flexibility index (Phi) is 4.37. The van der Waals surface area contributed by atoms with E-state index in [-0.39, 0.29) is 5.92 Å². The van der Waals surface area contributed by atoms with Gasteiger partial charge in [-0.3, -0.25) is 0 Å². The van der Waals surface area contributed by atoms with Crippen LogP contribution in [0.1, 0.15) is 56.6 Å². The highest BCUT2D eigenvalue weighted by molar-refractivity contribution is 5.29. The van der Waals surface area contributed by atoms with Crippen LogP contribution in [0.5, 0.6) is 0 Å². The van der Waals surface area contributed by atoms with E-state index in [0.29, 0.717) is 5.92 Å². The lowest BCUT2D eigenvalue weighted by Crippen LogP contribution is -1.96. The van der Waals surface area contributed by atoms with Crippen LogP contribution in [0.3, 0.4) is 0 Å². The molecule has 0 aliphatic rings. The Hall–Kier alpha value is -1.29. The highest BCUT2D eigenvalue weighted by atomic mass is 14.3. The van der Waals surface area contributed by atoms with Crippen LogP contribution in [0.15, 0.2) is 24.3 Å². The first-order valence-electron chi connectivity index (χ1n) is 5.68. The first-order valence-corrected chi connectivity index (χ1v) is 5.68. The van der Waals surface area contributed by atoms with Gasteiger partial charge in [0.05, 0.1) is 12.0 Å². The molecule has 0 N–H and O–H groups in total. The van der Waals surface area contributed by atoms with Crippen LogP contribution >= 0.6 is 0 Å². The first-order chi connectivity index (χ1) is 7.19. The van der Waals surface area contributed by atoms with Crippen molar-refractivity contribution >= 4 is 0 Å². The lowest BCUT2D eigenvalue weighted by atomic mass is 9.93. The minimum Gasteiger partial charge on any atom is -0.198 e. The lowest BCUT2D eigenvalue weighted by molar-refractivity contribution is 0.726. The molecule has 0 aromatic heterocycles. The molecule has 80 valence electrons. The molecule has 0 heterocycles. The molecular weight excluding hydrogens is 182 g/mol. The van der Waals surface area contributed by atoms with Gasteiger partial charge >= 0.3 is 0 Å². The summed E-state index contributed by atoms with van der Waals surface area (Å²) in [4.78, 5) is 0. The van der Waals surface area contributed by atoms with Crippen molar-refractivity contribution in [2.24, 2.45) is 0 Å². The van der Waals surface area contributed by atoms with Crippen LogP contribution in [0.2, 0.25) is 0 Å². The molecule has 0 bridgehead atoms. The van der Waals surface area contributed by atoms with E-state index < -0.39 is 0 Å². The zero-order valence-electron chi connectivity index (χ0n) is 9.83. The van der Waals surface area contributed by atoms with Crippen LogP contribution in [0, 0.1) is 11.3 Å². The molecule has 0 amide bonds. The van der Waals surface area contributed by atoms with Crippen molar-refractivity contribution in [2.45, 2.75) is 45.4 Å². The maximum Gasteiger partial charge on any atom is 0.0712 e. The molecule has 0 saturated carbocycles. The molecule has 0 fully saturated rings. The van der Waals surface area contributed by atoms with Gasteiger partial charge in [-0.15, -0.1) is 0 Å². The van der Waals surface area contributed by atoms with Crippen molar-refractivity contribution in [3.8, 4) is 6.07 Å². The third kappa shape index (κ3) is 3.09. The van der Waals surface area contributed by atoms with E-state index in [9.17, 15) is 0 Å². The van der Waals surface area contributed by atoms with Gasteiger partial charge in [-0.05, 0) is 23.5 Å². The van der Waals surface area contributed by atoms with Crippen molar-refractivity contribution in [1.29, 1.82) is 5.26 Å². The fourth-order valence-corrected chi connectivity index (χ4v) is 1.71. The number of nitrogens with zero attached hydrogens (tertiary/aromatic N) is 1. The Labute approximate surface area is 92.7 Å². The predicted molar refractivity (Wildman–Crippen MR) is 63.8 cm³/mol. The Bertz CT molecular complexity index is 329. The summed E-state index contributed by atoms with van der Waals surface area (Å²) in [5.74, 6) is 0.627. The van der Waals surface area contributed by atoms with Crippen molar-refractivity contribution < 1.29 is 0 Å². The van der Waals surface area contributed by atoms with Crippen LogP contribution in [-0.4, -0.2) is 0 Å². The Morgan fingerprint density at radius 2 is 1.67 bits per heavy atom. The van der Waals surface area contributed by atoms with E-state index in [1.165, 1.54) is 5.56 Å². The topological polar surface area (TPSA) is 23.8 Å². The molecule has 0 saturated heterocycles. The van der Waals surface area contributed by atoms with Gasteiger partial charge in [0.25, 0.3) is 0 Å². The monoisotopic (exact) mass is 201 g/mol. The normalized spacial score (nSPS) is 12.5. The summed E-state index contributed by atoms with van der Waals surface area (Å²) >= 11 is 0. The number of benzene rings is 1. The zero-order valence-corrected chi connectivity index (χ0v) is 9.83. The Morgan fingerprint density at radius 3 is 2.07 bits per heavy atom. The average molecular weight is 201 g/mol. The van der Waals surface area contributed by atoms with Crippen LogP contribution in [-0.2, 0) is 0 Å². The minimum absolute atomic E-state index is 0.0659. The van der Waals surface area contributed by atoms with Crippen molar-refractivity contribution in [2.75, 3.05) is 0 Å². The smallest absolute Gasteiger partial charge is 0.0712 e. The highest BCUT2D eigenvalue weighted by Crippen LogP contribution is 2.22. The molecular formula is C14H19N. The molecule has 1 aromatic rings. The maximum absolute atomic E-state index is 9.04. The quantitative estimate of drug-likeness (QED) is 0.715. The summed E-state index contributed by atoms with van der Waals surface area (Å²) < 4.78 is 0. The first kappa shape index (κ1) is 11.8. The maximum atomic E-state index is 9.04. The van der Waals surface area contributed by atoms with Gasteiger partial charge in [-0.1, -0.05) is 51.5 Å². The highest BCUT2D eigenvalue weighted by Gasteiger charge is 2.09. The predicted octanol–water partition coefficient (Wildman–Crippen LogP) is 4.22. The molecule has 0 aliphatic carbocycles. The number of hydrogen-bond acceptors (Lipinski definition) is 1. The van der Waals surface area contributed by atoms with E-state index in [0.717, 1.165) is 18.4 Å². The fourth-order valence-electron chi connectivity index (χ4n) is 1.71. The van der Waals surface area contributed by atoms with Crippen LogP contribution < -0.4 is 0 Å². The molecule has 15 heavy (non-hydrogen) atoms. The van der Waals surface area contributed by atoms with Gasteiger partial charge in [0.15, 0.2) is 0 Å². The summed E-state index contributed by atoms with van der Waals surface area (Å²) in [6.07, 6.45) is 2.02. The SMILES string of the molecule is CCCC(C#N)c1ccc(C(C)C)cc1. The van der Waals surface area contributed by atoms with Crippen LogP contribution in [0.25, 0.3) is 0 Å². The standard InChI is InChI=1S/C14H19N/c1-4-5-14(10-15)13-8-6-12(7-9-13)11(2)3/h6-9,11,14H,4-5H2,1-3H3. The van der Waals surface area contributed by atoms with Gasteiger partial charge in [-0.2, -0.15) is 5.26 Å². The van der Waals surface area contributed by atoms with E-state index >= 15 is 0 Å². The summed E-state index contributed by atoms with van der Waals surface area (Å²) in [6, 6.07) is 10.8. The second kappa shape index (κ2) is 5.56. The molecule has 1 rings (SSSR count). The molecule has 1 aromatic carbocycles. The number of hydrogen-bond donors (Lipinski definition) is 0. The fraction of sp³-hybridized carbons (Fsp3) is 0.500. The van der Waals surface area contributed by atoms with E-state index in [1.54, 1.807) is 0 Å². The number of nitriles is 1. The van der Waals surface area contributed by atoms with Gasteiger partial charge in [0, 0.05) is 0 Å². The van der Waals surface area contributed by atoms with Crippen molar-refractivity contribution in [3.63, 3.8) is 0 Å². The summed E-state index contributed by atoms with van der Waals surface area (Å²) in [6.45, 7) is 6.48. The summed E-state index contributed by atoms with van der Waals surface area (Å²) in [5.41, 5.74) is 2.50. The van der Waals surface area contributed by atoms with Gasteiger partial charge in [0.2, 0.25) is 0 Å².